The van der Waals surface area contributed by atoms with E-state index in [4.69, 9.17) is 14.2 Å². The number of nitrogens with one attached hydrogen (secondary N) is 2. The second-order valence-corrected chi connectivity index (χ2v) is 18.1. The fraction of sp³-hybridized carbons (Fsp3) is 0.680. The molecule has 1 aromatic rings. The molecule has 4 heterocycles. The molecule has 3 fully saturated rings. The Hall–Kier alpha value is -2.06. The molecule has 210 valence electrons. The zero-order valence-electron chi connectivity index (χ0n) is 22.5. The Morgan fingerprint density at radius 2 is 2.03 bits per heavy atom. The maximum absolute atomic E-state index is 14.1. The summed E-state index contributed by atoms with van der Waals surface area (Å²) in [7, 11) is -0.0894. The molecule has 4 rings (SSSR count). The van der Waals surface area contributed by atoms with Gasteiger partial charge in [0, 0.05) is 33.1 Å². The van der Waals surface area contributed by atoms with Crippen LogP contribution in [0.1, 0.15) is 24.6 Å². The van der Waals surface area contributed by atoms with Crippen molar-refractivity contribution in [3.05, 3.63) is 28.5 Å². The van der Waals surface area contributed by atoms with Gasteiger partial charge in [0.1, 0.15) is 16.7 Å². The number of alkyl carbamates (subject to hydrolysis) is 1. The first-order valence-corrected chi connectivity index (χ1v) is 17.5. The molecule has 1 aromatic heterocycles. The van der Waals surface area contributed by atoms with Crippen LogP contribution in [0.2, 0.25) is 25.7 Å². The van der Waals surface area contributed by atoms with E-state index < -0.39 is 38.3 Å². The summed E-state index contributed by atoms with van der Waals surface area (Å²) in [5.41, 5.74) is 3.73. The van der Waals surface area contributed by atoms with Crippen LogP contribution in [0.25, 0.3) is 0 Å². The van der Waals surface area contributed by atoms with Gasteiger partial charge in [0.25, 0.3) is 5.91 Å². The average Bonchev–Trinajstić information content (AvgIpc) is 2.82. The third-order valence-electron chi connectivity index (χ3n) is 7.20. The molecule has 3 aliphatic heterocycles. The van der Waals surface area contributed by atoms with Crippen molar-refractivity contribution in [1.29, 1.82) is 0 Å². The molecule has 2 N–H and O–H groups in total. The lowest BCUT2D eigenvalue weighted by molar-refractivity contribution is -0.202. The van der Waals surface area contributed by atoms with Gasteiger partial charge < -0.3 is 19.5 Å². The van der Waals surface area contributed by atoms with E-state index in [0.717, 1.165) is 19.1 Å². The number of aromatic nitrogens is 1. The maximum atomic E-state index is 14.1. The highest BCUT2D eigenvalue weighted by Gasteiger charge is 2.54. The highest BCUT2D eigenvalue weighted by atomic mass is 79.9. The van der Waals surface area contributed by atoms with Gasteiger partial charge in [0.15, 0.2) is 0 Å². The van der Waals surface area contributed by atoms with E-state index in [9.17, 15) is 14.4 Å². The third-order valence-corrected chi connectivity index (χ3v) is 9.35. The summed E-state index contributed by atoms with van der Waals surface area (Å²) in [6.07, 6.45) is 0.527. The zero-order chi connectivity index (χ0) is 27.5. The van der Waals surface area contributed by atoms with Crippen molar-refractivity contribution in [3.63, 3.8) is 0 Å². The highest BCUT2D eigenvalue weighted by Crippen LogP contribution is 2.43. The minimum Gasteiger partial charge on any atom is -0.468 e. The van der Waals surface area contributed by atoms with Crippen molar-refractivity contribution in [2.24, 2.45) is 5.41 Å². The van der Waals surface area contributed by atoms with E-state index in [1.54, 1.807) is 0 Å². The van der Waals surface area contributed by atoms with E-state index in [1.807, 2.05) is 18.2 Å². The molecule has 0 aliphatic carbocycles. The molecule has 2 amide bonds. The zero-order valence-corrected chi connectivity index (χ0v) is 25.1. The Bertz CT molecular complexity index is 1030. The quantitative estimate of drug-likeness (QED) is 0.246. The molecule has 3 saturated heterocycles. The van der Waals surface area contributed by atoms with Gasteiger partial charge >= 0.3 is 12.1 Å². The van der Waals surface area contributed by atoms with Gasteiger partial charge in [-0.2, -0.15) is 0 Å². The normalized spacial score (nSPS) is 22.6. The molecule has 11 nitrogen and oxygen atoms in total. The number of hydrogen-bond acceptors (Lipinski definition) is 9. The topological polar surface area (TPSA) is 122 Å². The van der Waals surface area contributed by atoms with Crippen molar-refractivity contribution in [2.75, 3.05) is 46.6 Å². The van der Waals surface area contributed by atoms with Gasteiger partial charge in [-0.25, -0.2) is 15.2 Å². The van der Waals surface area contributed by atoms with Gasteiger partial charge in [-0.3, -0.25) is 19.5 Å². The van der Waals surface area contributed by atoms with E-state index in [-0.39, 0.29) is 11.3 Å². The maximum Gasteiger partial charge on any atom is 0.407 e. The summed E-state index contributed by atoms with van der Waals surface area (Å²) in [4.78, 5) is 46.1. The number of carbonyl (C=O) groups excluding carboxylic acids is 3. The van der Waals surface area contributed by atoms with Gasteiger partial charge in [-0.15, -0.1) is 0 Å². The standard InChI is InChI=1S/C25H38BrN5O6Si/c1-35-23(33)18-8-6-10-31(29-18)22(32)20(28-24(34)37-11-12-38(2,3)4)21(17-7-5-9-19(26)27-17)30-13-25(14-30)15-36-16-25/h5,7,9,18,20-21,29H,6,8,10-16H2,1-4H3,(H,28,34)/t18-,20-,21+/m0/s1. The number of ether oxygens (including phenoxy) is 3. The first kappa shape index (κ1) is 28.9. The lowest BCUT2D eigenvalue weighted by Crippen LogP contribution is -2.70. The first-order valence-electron chi connectivity index (χ1n) is 13.0. The van der Waals surface area contributed by atoms with Crippen LogP contribution in [0.15, 0.2) is 22.8 Å². The van der Waals surface area contributed by atoms with Crippen molar-refractivity contribution < 1.29 is 28.6 Å². The summed E-state index contributed by atoms with van der Waals surface area (Å²) < 4.78 is 16.5. The minimum absolute atomic E-state index is 0.0784. The van der Waals surface area contributed by atoms with Crippen molar-refractivity contribution in [1.82, 2.24) is 25.6 Å². The number of halogens is 1. The first-order chi connectivity index (χ1) is 18.0. The molecular formula is C25H38BrN5O6Si. The van der Waals surface area contributed by atoms with Crippen LogP contribution in [0.3, 0.4) is 0 Å². The van der Waals surface area contributed by atoms with Gasteiger partial charge in [0.2, 0.25) is 0 Å². The number of likely N-dealkylation sites (tertiary alicyclic amines) is 1. The SMILES string of the molecule is COC(=O)[C@@H]1CCCN(C(=O)[C@@H](NC(=O)OCC[Si](C)(C)C)[C@@H](c2cccc(Br)n2)N2CC3(COC3)C2)N1. The van der Waals surface area contributed by atoms with Crippen molar-refractivity contribution in [2.45, 2.75) is 56.7 Å². The third kappa shape index (κ3) is 6.92. The number of rotatable bonds is 9. The van der Waals surface area contributed by atoms with Crippen LogP contribution >= 0.6 is 15.9 Å². The van der Waals surface area contributed by atoms with E-state index >= 15 is 0 Å². The predicted molar refractivity (Wildman–Crippen MR) is 146 cm³/mol. The van der Waals surface area contributed by atoms with Crippen LogP contribution in [0.4, 0.5) is 4.79 Å². The fourth-order valence-corrected chi connectivity index (χ4v) is 6.13. The summed E-state index contributed by atoms with van der Waals surface area (Å²) in [6.45, 7) is 10.1. The smallest absolute Gasteiger partial charge is 0.407 e. The molecule has 13 heteroatoms. The molecule has 0 unspecified atom stereocenters. The molecule has 3 atom stereocenters. The number of esters is 1. The Labute approximate surface area is 233 Å². The van der Waals surface area contributed by atoms with Gasteiger partial charge in [-0.05, 0) is 46.9 Å². The van der Waals surface area contributed by atoms with Crippen LogP contribution in [-0.2, 0) is 23.8 Å². The predicted octanol–water partition coefficient (Wildman–Crippen LogP) is 2.32. The summed E-state index contributed by atoms with van der Waals surface area (Å²) in [5.74, 6) is -0.795. The summed E-state index contributed by atoms with van der Waals surface area (Å²) in [5, 5.41) is 4.29. The molecule has 0 radical (unpaired) electrons. The minimum atomic E-state index is -1.41. The van der Waals surface area contributed by atoms with Gasteiger partial charge in [-0.1, -0.05) is 25.7 Å². The van der Waals surface area contributed by atoms with Crippen molar-refractivity contribution in [3.8, 4) is 0 Å². The molecule has 1 spiro atoms. The summed E-state index contributed by atoms with van der Waals surface area (Å²) >= 11 is 3.45. The van der Waals surface area contributed by atoms with Crippen LogP contribution < -0.4 is 10.7 Å². The second-order valence-electron chi connectivity index (χ2n) is 11.6. The van der Waals surface area contributed by atoms with E-state index in [1.165, 1.54) is 12.1 Å². The van der Waals surface area contributed by atoms with E-state index in [0.29, 0.717) is 49.5 Å². The Morgan fingerprint density at radius 1 is 1.29 bits per heavy atom. The Morgan fingerprint density at radius 3 is 2.63 bits per heavy atom. The molecule has 0 aromatic carbocycles. The number of hydrogen-bond donors (Lipinski definition) is 2. The average molecular weight is 613 g/mol. The molecular weight excluding hydrogens is 574 g/mol. The number of hydrazine groups is 1. The monoisotopic (exact) mass is 611 g/mol. The summed E-state index contributed by atoms with van der Waals surface area (Å²) in [6, 6.07) is 4.18. The van der Waals surface area contributed by atoms with Crippen LogP contribution in [0, 0.1) is 5.41 Å². The number of methoxy groups -OCH3 is 1. The van der Waals surface area contributed by atoms with Crippen molar-refractivity contribution >= 4 is 42.0 Å². The Balaban J connectivity index is 1.60. The molecule has 38 heavy (non-hydrogen) atoms. The van der Waals surface area contributed by atoms with Crippen LogP contribution in [-0.4, -0.2) is 99.6 Å². The van der Waals surface area contributed by atoms with Gasteiger partial charge in [0.05, 0.1) is 38.7 Å². The largest absolute Gasteiger partial charge is 0.468 e. The molecule has 3 aliphatic rings. The fourth-order valence-electron chi connectivity index (χ4n) is 5.06. The van der Waals surface area contributed by atoms with E-state index in [2.05, 4.69) is 56.2 Å². The number of carbonyl (C=O) groups is 3. The van der Waals surface area contributed by atoms with Crippen LogP contribution in [0.5, 0.6) is 0 Å². The highest BCUT2D eigenvalue weighted by molar-refractivity contribution is 9.10. The molecule has 0 bridgehead atoms. The number of nitrogens with zero attached hydrogens (tertiary/aromatic N) is 3. The molecule has 0 saturated carbocycles. The second kappa shape index (κ2) is 12.0. The Kier molecular flexibility index (Phi) is 9.13. The number of pyridine rings is 1. The lowest BCUT2D eigenvalue weighted by Gasteiger charge is -2.58. The number of amides is 2. The lowest BCUT2D eigenvalue weighted by atomic mass is 9.76.